The zero-order valence-electron chi connectivity index (χ0n) is 14.5. The van der Waals surface area contributed by atoms with Crippen LogP contribution >= 0.6 is 0 Å². The summed E-state index contributed by atoms with van der Waals surface area (Å²) >= 11 is 0. The molecule has 3 N–H and O–H groups in total. The minimum atomic E-state index is -3.76. The van der Waals surface area contributed by atoms with Crippen molar-refractivity contribution in [2.24, 2.45) is 0 Å². The highest BCUT2D eigenvalue weighted by Crippen LogP contribution is 2.27. The van der Waals surface area contributed by atoms with E-state index in [9.17, 15) is 18.6 Å². The molecule has 9 heteroatoms. The van der Waals surface area contributed by atoms with Gasteiger partial charge < -0.3 is 20.1 Å². The van der Waals surface area contributed by atoms with Crippen LogP contribution in [-0.2, 0) is 23.0 Å². The van der Waals surface area contributed by atoms with Crippen molar-refractivity contribution >= 4 is 10.0 Å². The van der Waals surface area contributed by atoms with E-state index < -0.39 is 21.7 Å². The van der Waals surface area contributed by atoms with Crippen LogP contribution in [0, 0.1) is 0 Å². The summed E-state index contributed by atoms with van der Waals surface area (Å²) in [6.07, 6.45) is -0.423. The summed E-state index contributed by atoms with van der Waals surface area (Å²) in [4.78, 5) is 0.137. The summed E-state index contributed by atoms with van der Waals surface area (Å²) < 4.78 is 31.6. The molecule has 0 spiro atoms. The first-order chi connectivity index (χ1) is 12.3. The molecule has 1 saturated heterocycles. The average Bonchev–Trinajstić information content (AvgIpc) is 3.21. The van der Waals surface area contributed by atoms with E-state index in [-0.39, 0.29) is 24.5 Å². The maximum atomic E-state index is 12.7. The SMILES string of the molecule is CCc1cc(CNC[C@]2(O)CN(S(=O)(=O)c3ccccc3)C[C@H]2O)on1. The summed E-state index contributed by atoms with van der Waals surface area (Å²) in [5, 5.41) is 27.8. The fourth-order valence-electron chi connectivity index (χ4n) is 2.94. The largest absolute Gasteiger partial charge is 0.389 e. The number of aryl methyl sites for hydroxylation is 1. The predicted octanol–water partition coefficient (Wildman–Crippen LogP) is 0.123. The van der Waals surface area contributed by atoms with Crippen molar-refractivity contribution in [3.8, 4) is 0 Å². The number of hydrogen-bond donors (Lipinski definition) is 3. The first-order valence-corrected chi connectivity index (χ1v) is 9.90. The number of sulfonamides is 1. The van der Waals surface area contributed by atoms with Crippen LogP contribution in [0.1, 0.15) is 18.4 Å². The number of nitrogens with zero attached hydrogens (tertiary/aromatic N) is 2. The van der Waals surface area contributed by atoms with Crippen molar-refractivity contribution in [2.75, 3.05) is 19.6 Å². The Bertz CT molecular complexity index is 839. The number of hydrogen-bond acceptors (Lipinski definition) is 7. The van der Waals surface area contributed by atoms with Crippen molar-refractivity contribution in [2.45, 2.75) is 36.5 Å². The van der Waals surface area contributed by atoms with E-state index >= 15 is 0 Å². The van der Waals surface area contributed by atoms with Gasteiger partial charge in [0.2, 0.25) is 10.0 Å². The van der Waals surface area contributed by atoms with Crippen molar-refractivity contribution in [3.05, 3.63) is 47.9 Å². The molecule has 142 valence electrons. The van der Waals surface area contributed by atoms with Gasteiger partial charge in [0.05, 0.1) is 23.2 Å². The number of aliphatic hydroxyl groups excluding tert-OH is 1. The minimum absolute atomic E-state index is 0.0249. The lowest BCUT2D eigenvalue weighted by atomic mass is 10.0. The third kappa shape index (κ3) is 3.81. The minimum Gasteiger partial charge on any atom is -0.389 e. The van der Waals surface area contributed by atoms with Crippen molar-refractivity contribution in [3.63, 3.8) is 0 Å². The van der Waals surface area contributed by atoms with Gasteiger partial charge in [-0.05, 0) is 18.6 Å². The Morgan fingerprint density at radius 2 is 2.12 bits per heavy atom. The highest BCUT2D eigenvalue weighted by molar-refractivity contribution is 7.89. The van der Waals surface area contributed by atoms with Crippen molar-refractivity contribution < 1.29 is 23.2 Å². The molecule has 2 heterocycles. The van der Waals surface area contributed by atoms with Crippen LogP contribution in [0.4, 0.5) is 0 Å². The summed E-state index contributed by atoms with van der Waals surface area (Å²) in [5.74, 6) is 0.617. The molecular formula is C17H23N3O5S. The molecule has 0 saturated carbocycles. The van der Waals surface area contributed by atoms with E-state index in [2.05, 4.69) is 10.5 Å². The van der Waals surface area contributed by atoms with Gasteiger partial charge in [0.1, 0.15) is 5.60 Å². The Morgan fingerprint density at radius 3 is 2.77 bits per heavy atom. The molecule has 1 fully saturated rings. The number of nitrogens with one attached hydrogen (secondary N) is 1. The number of aromatic nitrogens is 1. The Labute approximate surface area is 152 Å². The Hall–Kier alpha value is -1.78. The van der Waals surface area contributed by atoms with Crippen LogP contribution in [-0.4, -0.2) is 59.4 Å². The molecule has 1 aromatic heterocycles. The molecular weight excluding hydrogens is 358 g/mol. The molecule has 3 rings (SSSR count). The summed E-state index contributed by atoms with van der Waals surface area (Å²) in [6, 6.07) is 9.79. The molecule has 0 amide bonds. The van der Waals surface area contributed by atoms with E-state index in [4.69, 9.17) is 4.52 Å². The average molecular weight is 381 g/mol. The van der Waals surface area contributed by atoms with Crippen LogP contribution in [0.2, 0.25) is 0 Å². The Morgan fingerprint density at radius 1 is 1.38 bits per heavy atom. The maximum absolute atomic E-state index is 12.7. The van der Waals surface area contributed by atoms with Gasteiger partial charge in [-0.25, -0.2) is 8.42 Å². The van der Waals surface area contributed by atoms with E-state index in [1.165, 1.54) is 12.1 Å². The monoisotopic (exact) mass is 381 g/mol. The predicted molar refractivity (Wildman–Crippen MR) is 93.7 cm³/mol. The summed E-state index contributed by atoms with van der Waals surface area (Å²) in [5.41, 5.74) is -0.739. The molecule has 1 aliphatic rings. The van der Waals surface area contributed by atoms with E-state index in [1.54, 1.807) is 18.2 Å². The summed E-state index contributed by atoms with van der Waals surface area (Å²) in [6.45, 7) is 1.98. The van der Waals surface area contributed by atoms with Crippen LogP contribution in [0.15, 0.2) is 45.8 Å². The van der Waals surface area contributed by atoms with Crippen LogP contribution in [0.3, 0.4) is 0 Å². The third-order valence-electron chi connectivity index (χ3n) is 4.53. The van der Waals surface area contributed by atoms with E-state index in [0.717, 1.165) is 16.4 Å². The zero-order valence-corrected chi connectivity index (χ0v) is 15.3. The quantitative estimate of drug-likeness (QED) is 0.624. The first-order valence-electron chi connectivity index (χ1n) is 8.46. The molecule has 26 heavy (non-hydrogen) atoms. The van der Waals surface area contributed by atoms with Crippen LogP contribution in [0.25, 0.3) is 0 Å². The summed E-state index contributed by atoms with van der Waals surface area (Å²) in [7, 11) is -3.76. The van der Waals surface area contributed by atoms with Gasteiger partial charge in [0.15, 0.2) is 5.76 Å². The normalized spacial score (nSPS) is 24.2. The van der Waals surface area contributed by atoms with Crippen molar-refractivity contribution in [1.29, 1.82) is 0 Å². The highest BCUT2D eigenvalue weighted by Gasteiger charge is 2.48. The standard InChI is InChI=1S/C17H23N3O5S/c1-2-13-8-14(25-19-13)9-18-11-17(22)12-20(10-16(17)21)26(23,24)15-6-4-3-5-7-15/h3-8,16,18,21-22H,2,9-12H2,1H3/t16-,17+/m1/s1. The Balaban J connectivity index is 1.63. The smallest absolute Gasteiger partial charge is 0.243 e. The third-order valence-corrected chi connectivity index (χ3v) is 6.35. The second kappa shape index (κ2) is 7.45. The lowest BCUT2D eigenvalue weighted by molar-refractivity contribution is -0.0387. The van der Waals surface area contributed by atoms with E-state index in [1.807, 2.05) is 13.0 Å². The second-order valence-corrected chi connectivity index (χ2v) is 8.41. The van der Waals surface area contributed by atoms with Gasteiger partial charge in [0, 0.05) is 25.7 Å². The number of rotatable bonds is 7. The zero-order chi connectivity index (χ0) is 18.8. The Kier molecular flexibility index (Phi) is 5.44. The fraction of sp³-hybridized carbons (Fsp3) is 0.471. The highest BCUT2D eigenvalue weighted by atomic mass is 32.2. The maximum Gasteiger partial charge on any atom is 0.243 e. The molecule has 8 nitrogen and oxygen atoms in total. The number of β-amino-alcohol motifs (C(OH)–C–C–N with tert-alkyl or cyclic N) is 2. The first kappa shape index (κ1) is 19.0. The van der Waals surface area contributed by atoms with Gasteiger partial charge >= 0.3 is 0 Å². The molecule has 1 aliphatic heterocycles. The number of benzene rings is 1. The van der Waals surface area contributed by atoms with Crippen molar-refractivity contribution in [1.82, 2.24) is 14.8 Å². The molecule has 2 atom stereocenters. The van der Waals surface area contributed by atoms with E-state index in [0.29, 0.717) is 12.3 Å². The van der Waals surface area contributed by atoms with Crippen LogP contribution < -0.4 is 5.32 Å². The molecule has 2 aromatic rings. The second-order valence-electron chi connectivity index (χ2n) is 6.47. The molecule has 1 aromatic carbocycles. The van der Waals surface area contributed by atoms with Gasteiger partial charge in [0.25, 0.3) is 0 Å². The molecule has 0 bridgehead atoms. The van der Waals surface area contributed by atoms with Gasteiger partial charge in [-0.2, -0.15) is 4.31 Å². The van der Waals surface area contributed by atoms with Gasteiger partial charge in [-0.1, -0.05) is 30.3 Å². The van der Waals surface area contributed by atoms with Gasteiger partial charge in [-0.15, -0.1) is 0 Å². The topological polar surface area (TPSA) is 116 Å². The van der Waals surface area contributed by atoms with Crippen LogP contribution in [0.5, 0.6) is 0 Å². The van der Waals surface area contributed by atoms with Gasteiger partial charge in [-0.3, -0.25) is 0 Å². The number of aliphatic hydroxyl groups is 2. The molecule has 0 radical (unpaired) electrons. The molecule has 0 aliphatic carbocycles. The molecule has 0 unspecified atom stereocenters. The lowest BCUT2D eigenvalue weighted by Gasteiger charge is -2.26. The lowest BCUT2D eigenvalue weighted by Crippen LogP contribution is -2.50. The fourth-order valence-corrected chi connectivity index (χ4v) is 4.47.